The van der Waals surface area contributed by atoms with Gasteiger partial charge in [0.05, 0.1) is 26.3 Å². The molecule has 5 heteroatoms. The van der Waals surface area contributed by atoms with Crippen molar-refractivity contribution in [2.24, 2.45) is 5.73 Å². The van der Waals surface area contributed by atoms with Crippen LogP contribution >= 0.6 is 0 Å². The fourth-order valence-corrected chi connectivity index (χ4v) is 0.765. The van der Waals surface area contributed by atoms with Crippen molar-refractivity contribution in [3.63, 3.8) is 0 Å². The van der Waals surface area contributed by atoms with E-state index in [4.69, 9.17) is 10.5 Å². The van der Waals surface area contributed by atoms with Gasteiger partial charge in [-0.15, -0.1) is 5.06 Å². The predicted octanol–water partition coefficient (Wildman–Crippen LogP) is -0.671. The molecular formula is C5H10N2O3. The first-order valence-electron chi connectivity index (χ1n) is 3.09. The number of amides is 1. The van der Waals surface area contributed by atoms with Crippen LogP contribution in [0.1, 0.15) is 0 Å². The number of ether oxygens (including phenoxy) is 1. The molecule has 0 unspecified atom stereocenters. The molecule has 0 aromatic heterocycles. The fourth-order valence-electron chi connectivity index (χ4n) is 0.765. The Morgan fingerprint density at radius 1 is 1.50 bits per heavy atom. The molecule has 0 radical (unpaired) electrons. The normalized spacial score (nSPS) is 20.4. The van der Waals surface area contributed by atoms with Gasteiger partial charge in [-0.3, -0.25) is 0 Å². The molecule has 58 valence electrons. The van der Waals surface area contributed by atoms with Crippen LogP contribution in [-0.4, -0.2) is 37.5 Å². The number of hydrogen-bond acceptors (Lipinski definition) is 4. The summed E-state index contributed by atoms with van der Waals surface area (Å²) in [5.41, 5.74) is 4.78. The van der Waals surface area contributed by atoms with Gasteiger partial charge in [-0.1, -0.05) is 0 Å². The topological polar surface area (TPSA) is 64.8 Å². The van der Waals surface area contributed by atoms with E-state index in [9.17, 15) is 4.79 Å². The SMILES string of the molecule is NC(=O)ON1CCOCC1. The summed E-state index contributed by atoms with van der Waals surface area (Å²) in [4.78, 5) is 14.8. The molecule has 0 aliphatic carbocycles. The summed E-state index contributed by atoms with van der Waals surface area (Å²) >= 11 is 0. The highest BCUT2D eigenvalue weighted by molar-refractivity contribution is 5.64. The van der Waals surface area contributed by atoms with Crippen LogP contribution < -0.4 is 5.73 Å². The van der Waals surface area contributed by atoms with E-state index in [1.165, 1.54) is 5.06 Å². The van der Waals surface area contributed by atoms with Crippen LogP contribution in [0.5, 0.6) is 0 Å². The Morgan fingerprint density at radius 2 is 2.10 bits per heavy atom. The Labute approximate surface area is 58.6 Å². The van der Waals surface area contributed by atoms with Crippen molar-refractivity contribution in [1.29, 1.82) is 0 Å². The van der Waals surface area contributed by atoms with E-state index in [0.717, 1.165) is 0 Å². The molecule has 0 aromatic carbocycles. The fraction of sp³-hybridized carbons (Fsp3) is 0.800. The summed E-state index contributed by atoms with van der Waals surface area (Å²) in [6, 6.07) is 0. The molecule has 1 aliphatic heterocycles. The standard InChI is InChI=1S/C5H10N2O3/c6-5(8)10-7-1-3-9-4-2-7/h1-4H2,(H2,6,8). The minimum absolute atomic E-state index is 0.591. The van der Waals surface area contributed by atoms with Crippen LogP contribution in [0, 0.1) is 0 Å². The molecule has 1 heterocycles. The van der Waals surface area contributed by atoms with Gasteiger partial charge in [-0.05, 0) is 0 Å². The lowest BCUT2D eigenvalue weighted by atomic mass is 10.5. The maximum atomic E-state index is 10.2. The molecule has 1 amide bonds. The van der Waals surface area contributed by atoms with Crippen LogP contribution in [0.3, 0.4) is 0 Å². The Hall–Kier alpha value is -0.810. The number of morpholine rings is 1. The number of rotatable bonds is 1. The van der Waals surface area contributed by atoms with Crippen molar-refractivity contribution in [3.8, 4) is 0 Å². The number of hydrogen-bond donors (Lipinski definition) is 1. The van der Waals surface area contributed by atoms with Crippen LogP contribution in [0.15, 0.2) is 0 Å². The molecule has 0 atom stereocenters. The molecule has 0 saturated carbocycles. The van der Waals surface area contributed by atoms with Crippen molar-refractivity contribution in [2.75, 3.05) is 26.3 Å². The summed E-state index contributed by atoms with van der Waals surface area (Å²) < 4.78 is 5.01. The average molecular weight is 146 g/mol. The Bertz CT molecular complexity index is 122. The zero-order chi connectivity index (χ0) is 7.40. The lowest BCUT2D eigenvalue weighted by molar-refractivity contribution is -0.143. The van der Waals surface area contributed by atoms with Gasteiger partial charge in [0.1, 0.15) is 0 Å². The second-order valence-electron chi connectivity index (χ2n) is 1.95. The number of primary amides is 1. The number of hydroxylamine groups is 2. The van der Waals surface area contributed by atoms with Crippen molar-refractivity contribution >= 4 is 6.09 Å². The zero-order valence-corrected chi connectivity index (χ0v) is 5.58. The van der Waals surface area contributed by atoms with E-state index in [0.29, 0.717) is 26.3 Å². The number of nitrogens with zero attached hydrogens (tertiary/aromatic N) is 1. The number of nitrogens with two attached hydrogens (primary N) is 1. The van der Waals surface area contributed by atoms with E-state index >= 15 is 0 Å². The molecular weight excluding hydrogens is 136 g/mol. The molecule has 0 bridgehead atoms. The predicted molar refractivity (Wildman–Crippen MR) is 33.1 cm³/mol. The minimum Gasteiger partial charge on any atom is -0.379 e. The number of carbonyl (C=O) groups is 1. The maximum Gasteiger partial charge on any atom is 0.423 e. The maximum absolute atomic E-state index is 10.2. The van der Waals surface area contributed by atoms with Gasteiger partial charge in [0.25, 0.3) is 0 Å². The van der Waals surface area contributed by atoms with Crippen LogP contribution in [0.4, 0.5) is 4.79 Å². The van der Waals surface area contributed by atoms with Gasteiger partial charge < -0.3 is 15.3 Å². The smallest absolute Gasteiger partial charge is 0.379 e. The second kappa shape index (κ2) is 3.38. The zero-order valence-electron chi connectivity index (χ0n) is 5.58. The van der Waals surface area contributed by atoms with Crippen LogP contribution in [-0.2, 0) is 9.57 Å². The molecule has 1 aliphatic rings. The Balaban J connectivity index is 2.19. The van der Waals surface area contributed by atoms with Crippen molar-refractivity contribution < 1.29 is 14.4 Å². The number of carbonyl (C=O) groups excluding carboxylic acids is 1. The third-order valence-electron chi connectivity index (χ3n) is 1.19. The summed E-state index contributed by atoms with van der Waals surface area (Å²) in [5, 5.41) is 1.49. The molecule has 2 N–H and O–H groups in total. The Kier molecular flexibility index (Phi) is 2.47. The summed E-state index contributed by atoms with van der Waals surface area (Å²) in [6.45, 7) is 2.38. The first kappa shape index (κ1) is 7.30. The summed E-state index contributed by atoms with van der Waals surface area (Å²) in [6.07, 6.45) is -0.762. The lowest BCUT2D eigenvalue weighted by Gasteiger charge is -2.23. The lowest BCUT2D eigenvalue weighted by Crippen LogP contribution is -2.39. The van der Waals surface area contributed by atoms with Gasteiger partial charge in [-0.2, -0.15) is 0 Å². The first-order chi connectivity index (χ1) is 4.79. The Morgan fingerprint density at radius 3 is 2.60 bits per heavy atom. The largest absolute Gasteiger partial charge is 0.423 e. The molecule has 10 heavy (non-hydrogen) atoms. The van der Waals surface area contributed by atoms with Crippen molar-refractivity contribution in [1.82, 2.24) is 5.06 Å². The molecule has 1 rings (SSSR count). The van der Waals surface area contributed by atoms with Crippen LogP contribution in [0.2, 0.25) is 0 Å². The second-order valence-corrected chi connectivity index (χ2v) is 1.95. The third kappa shape index (κ3) is 2.20. The highest BCUT2D eigenvalue weighted by Crippen LogP contribution is 1.96. The molecule has 1 saturated heterocycles. The van der Waals surface area contributed by atoms with E-state index in [-0.39, 0.29) is 0 Å². The molecule has 0 spiro atoms. The van der Waals surface area contributed by atoms with Gasteiger partial charge in [-0.25, -0.2) is 4.79 Å². The highest BCUT2D eigenvalue weighted by atomic mass is 16.7. The highest BCUT2D eigenvalue weighted by Gasteiger charge is 2.12. The molecule has 5 nitrogen and oxygen atoms in total. The molecule has 0 aromatic rings. The summed E-state index contributed by atoms with van der Waals surface area (Å²) in [7, 11) is 0. The van der Waals surface area contributed by atoms with E-state index in [1.807, 2.05) is 0 Å². The van der Waals surface area contributed by atoms with E-state index in [2.05, 4.69) is 4.84 Å². The first-order valence-corrected chi connectivity index (χ1v) is 3.09. The monoisotopic (exact) mass is 146 g/mol. The van der Waals surface area contributed by atoms with Gasteiger partial charge >= 0.3 is 6.09 Å². The van der Waals surface area contributed by atoms with Crippen LogP contribution in [0.25, 0.3) is 0 Å². The van der Waals surface area contributed by atoms with Gasteiger partial charge in [0.2, 0.25) is 0 Å². The van der Waals surface area contributed by atoms with Crippen molar-refractivity contribution in [2.45, 2.75) is 0 Å². The van der Waals surface area contributed by atoms with Gasteiger partial charge in [0, 0.05) is 0 Å². The van der Waals surface area contributed by atoms with E-state index < -0.39 is 6.09 Å². The van der Waals surface area contributed by atoms with Gasteiger partial charge in [0.15, 0.2) is 0 Å². The average Bonchev–Trinajstić information content (AvgIpc) is 1.88. The third-order valence-corrected chi connectivity index (χ3v) is 1.19. The molecule has 1 fully saturated rings. The quantitative estimate of drug-likeness (QED) is 0.532. The summed E-state index contributed by atoms with van der Waals surface area (Å²) in [5.74, 6) is 0. The van der Waals surface area contributed by atoms with E-state index in [1.54, 1.807) is 0 Å². The minimum atomic E-state index is -0.762. The van der Waals surface area contributed by atoms with Crippen molar-refractivity contribution in [3.05, 3.63) is 0 Å².